The molecular formula is C13H9Cl3N4. The van der Waals surface area contributed by atoms with E-state index in [9.17, 15) is 0 Å². The average molecular weight is 328 g/mol. The van der Waals surface area contributed by atoms with Crippen molar-refractivity contribution in [2.75, 3.05) is 0 Å². The maximum atomic E-state index is 6.21. The van der Waals surface area contributed by atoms with E-state index >= 15 is 0 Å². The Labute approximate surface area is 130 Å². The molecule has 20 heavy (non-hydrogen) atoms. The van der Waals surface area contributed by atoms with Gasteiger partial charge in [-0.15, -0.1) is 10.2 Å². The van der Waals surface area contributed by atoms with Crippen molar-refractivity contribution in [2.24, 2.45) is 0 Å². The van der Waals surface area contributed by atoms with E-state index in [1.165, 1.54) is 0 Å². The number of aryl methyl sites for hydroxylation is 1. The topological polar surface area (TPSA) is 43.1 Å². The summed E-state index contributed by atoms with van der Waals surface area (Å²) in [5.41, 5.74) is 3.19. The first-order valence-corrected chi connectivity index (χ1v) is 6.96. The van der Waals surface area contributed by atoms with Crippen molar-refractivity contribution < 1.29 is 0 Å². The van der Waals surface area contributed by atoms with Gasteiger partial charge in [0.2, 0.25) is 0 Å². The van der Waals surface area contributed by atoms with Crippen molar-refractivity contribution in [3.63, 3.8) is 0 Å². The minimum absolute atomic E-state index is 0.418. The SMILES string of the molecule is Cc1c(Cl)nn2c(-c3ccc(Cl)cc3Cl)nnc2c1C. The predicted molar refractivity (Wildman–Crippen MR) is 80.7 cm³/mol. The summed E-state index contributed by atoms with van der Waals surface area (Å²) in [7, 11) is 0. The fourth-order valence-electron chi connectivity index (χ4n) is 1.93. The number of halogens is 3. The summed E-state index contributed by atoms with van der Waals surface area (Å²) < 4.78 is 1.60. The molecule has 7 heteroatoms. The van der Waals surface area contributed by atoms with Gasteiger partial charge >= 0.3 is 0 Å². The van der Waals surface area contributed by atoms with Crippen LogP contribution in [0.2, 0.25) is 15.2 Å². The van der Waals surface area contributed by atoms with Crippen molar-refractivity contribution in [3.05, 3.63) is 44.5 Å². The summed E-state index contributed by atoms with van der Waals surface area (Å²) in [6.45, 7) is 3.83. The molecule has 0 radical (unpaired) electrons. The van der Waals surface area contributed by atoms with Gasteiger partial charge in [-0.25, -0.2) is 0 Å². The van der Waals surface area contributed by atoms with Crippen LogP contribution in [0, 0.1) is 13.8 Å². The Hall–Kier alpha value is -1.36. The quantitative estimate of drug-likeness (QED) is 0.666. The molecule has 0 fully saturated rings. The zero-order chi connectivity index (χ0) is 14.4. The fraction of sp³-hybridized carbons (Fsp3) is 0.154. The third kappa shape index (κ3) is 2.04. The van der Waals surface area contributed by atoms with E-state index in [0.717, 1.165) is 11.1 Å². The Bertz CT molecular complexity index is 826. The van der Waals surface area contributed by atoms with E-state index in [1.807, 2.05) is 13.8 Å². The minimum atomic E-state index is 0.418. The van der Waals surface area contributed by atoms with Crippen LogP contribution < -0.4 is 0 Å². The van der Waals surface area contributed by atoms with Gasteiger partial charge in [0.25, 0.3) is 0 Å². The Morgan fingerprint density at radius 3 is 2.45 bits per heavy atom. The molecule has 0 saturated carbocycles. The summed E-state index contributed by atoms with van der Waals surface area (Å²) >= 11 is 18.2. The molecule has 0 spiro atoms. The van der Waals surface area contributed by atoms with Crippen molar-refractivity contribution in [3.8, 4) is 11.4 Å². The van der Waals surface area contributed by atoms with Crippen LogP contribution in [0.4, 0.5) is 0 Å². The maximum absolute atomic E-state index is 6.21. The molecule has 0 aliphatic carbocycles. The van der Waals surface area contributed by atoms with Crippen molar-refractivity contribution in [2.45, 2.75) is 13.8 Å². The molecule has 1 aromatic carbocycles. The Morgan fingerprint density at radius 1 is 1.00 bits per heavy atom. The summed E-state index contributed by atoms with van der Waals surface area (Å²) in [5.74, 6) is 0.534. The second-order valence-corrected chi connectivity index (χ2v) is 5.63. The largest absolute Gasteiger partial charge is 0.191 e. The lowest BCUT2D eigenvalue weighted by atomic mass is 10.2. The van der Waals surface area contributed by atoms with Gasteiger partial charge < -0.3 is 0 Å². The highest BCUT2D eigenvalue weighted by Crippen LogP contribution is 2.30. The molecule has 0 saturated heterocycles. The van der Waals surface area contributed by atoms with Gasteiger partial charge in [-0.05, 0) is 37.6 Å². The standard InChI is InChI=1S/C13H9Cl3N4/c1-6-7(2)12-17-18-13(20(12)19-11(6)16)9-4-3-8(14)5-10(9)15/h3-5H,1-2H3. The highest BCUT2D eigenvalue weighted by atomic mass is 35.5. The van der Waals surface area contributed by atoms with Gasteiger partial charge in [0.15, 0.2) is 16.6 Å². The van der Waals surface area contributed by atoms with E-state index < -0.39 is 0 Å². The van der Waals surface area contributed by atoms with Crippen LogP contribution in [-0.2, 0) is 0 Å². The van der Waals surface area contributed by atoms with E-state index in [-0.39, 0.29) is 0 Å². The first-order valence-electron chi connectivity index (χ1n) is 5.82. The van der Waals surface area contributed by atoms with Gasteiger partial charge in [-0.3, -0.25) is 0 Å². The maximum Gasteiger partial charge on any atom is 0.186 e. The lowest BCUT2D eigenvalue weighted by Crippen LogP contribution is -2.00. The second-order valence-electron chi connectivity index (χ2n) is 4.42. The average Bonchev–Trinajstić information content (AvgIpc) is 2.80. The molecule has 0 aliphatic rings. The molecular weight excluding hydrogens is 319 g/mol. The first-order chi connectivity index (χ1) is 9.49. The highest BCUT2D eigenvalue weighted by Gasteiger charge is 2.16. The lowest BCUT2D eigenvalue weighted by molar-refractivity contribution is 0.919. The molecule has 3 rings (SSSR count). The highest BCUT2D eigenvalue weighted by molar-refractivity contribution is 6.36. The second kappa shape index (κ2) is 4.88. The molecule has 0 aliphatic heterocycles. The van der Waals surface area contributed by atoms with Gasteiger partial charge in [-0.1, -0.05) is 34.8 Å². The molecule has 2 heterocycles. The van der Waals surface area contributed by atoms with Crippen molar-refractivity contribution in [1.29, 1.82) is 0 Å². The lowest BCUT2D eigenvalue weighted by Gasteiger charge is -2.06. The zero-order valence-electron chi connectivity index (χ0n) is 10.7. The van der Waals surface area contributed by atoms with Gasteiger partial charge in [0, 0.05) is 16.1 Å². The molecule has 0 unspecified atom stereocenters. The van der Waals surface area contributed by atoms with Gasteiger partial charge in [0.05, 0.1) is 5.02 Å². The fourth-order valence-corrected chi connectivity index (χ4v) is 2.64. The molecule has 0 bridgehead atoms. The van der Waals surface area contributed by atoms with Crippen molar-refractivity contribution >= 4 is 40.4 Å². The number of fused-ring (bicyclic) bond motifs is 1. The van der Waals surface area contributed by atoms with E-state index in [4.69, 9.17) is 34.8 Å². The van der Waals surface area contributed by atoms with Gasteiger partial charge in [0.1, 0.15) is 0 Å². The summed E-state index contributed by atoms with van der Waals surface area (Å²) in [6.07, 6.45) is 0. The Kier molecular flexibility index (Phi) is 3.32. The third-order valence-electron chi connectivity index (χ3n) is 3.21. The summed E-state index contributed by atoms with van der Waals surface area (Å²) in [5, 5.41) is 14.1. The summed E-state index contributed by atoms with van der Waals surface area (Å²) in [6, 6.07) is 5.18. The summed E-state index contributed by atoms with van der Waals surface area (Å²) in [4.78, 5) is 0. The Balaban J connectivity index is 2.33. The third-order valence-corrected chi connectivity index (χ3v) is 4.11. The Morgan fingerprint density at radius 2 is 1.75 bits per heavy atom. The van der Waals surface area contributed by atoms with Crippen LogP contribution >= 0.6 is 34.8 Å². The van der Waals surface area contributed by atoms with E-state index in [1.54, 1.807) is 22.7 Å². The molecule has 0 atom stereocenters. The molecule has 102 valence electrons. The van der Waals surface area contributed by atoms with E-state index in [2.05, 4.69) is 15.3 Å². The van der Waals surface area contributed by atoms with Gasteiger partial charge in [-0.2, -0.15) is 9.61 Å². The first kappa shape index (κ1) is 13.6. The van der Waals surface area contributed by atoms with Crippen molar-refractivity contribution in [1.82, 2.24) is 19.8 Å². The molecule has 3 aromatic rings. The number of aromatic nitrogens is 4. The number of nitrogens with zero attached hydrogens (tertiary/aromatic N) is 4. The molecule has 2 aromatic heterocycles. The molecule has 0 amide bonds. The predicted octanol–water partition coefficient (Wildman–Crippen LogP) is 4.37. The van der Waals surface area contributed by atoms with E-state index in [0.29, 0.717) is 32.2 Å². The van der Waals surface area contributed by atoms with Crippen LogP contribution in [0.25, 0.3) is 17.0 Å². The van der Waals surface area contributed by atoms with Crippen LogP contribution in [0.5, 0.6) is 0 Å². The normalized spacial score (nSPS) is 11.2. The number of benzene rings is 1. The van der Waals surface area contributed by atoms with Crippen LogP contribution in [0.3, 0.4) is 0 Å². The van der Waals surface area contributed by atoms with Crippen LogP contribution in [0.15, 0.2) is 18.2 Å². The number of rotatable bonds is 1. The van der Waals surface area contributed by atoms with Crippen LogP contribution in [0.1, 0.15) is 11.1 Å². The number of hydrogen-bond acceptors (Lipinski definition) is 3. The monoisotopic (exact) mass is 326 g/mol. The number of hydrogen-bond donors (Lipinski definition) is 0. The zero-order valence-corrected chi connectivity index (χ0v) is 12.9. The smallest absolute Gasteiger partial charge is 0.186 e. The molecule has 4 nitrogen and oxygen atoms in total. The molecule has 0 N–H and O–H groups in total. The minimum Gasteiger partial charge on any atom is -0.191 e. The van der Waals surface area contributed by atoms with Crippen LogP contribution in [-0.4, -0.2) is 19.8 Å².